The third-order valence-corrected chi connectivity index (χ3v) is 4.68. The summed E-state index contributed by atoms with van der Waals surface area (Å²) >= 11 is 0. The molecular formula is C20H22N4O2. The molecular weight excluding hydrogens is 328 g/mol. The molecule has 2 aromatic heterocycles. The fourth-order valence-electron chi connectivity index (χ4n) is 3.20. The maximum atomic E-state index is 6.28. The summed E-state index contributed by atoms with van der Waals surface area (Å²) in [4.78, 5) is 11.0. The van der Waals surface area contributed by atoms with E-state index in [0.29, 0.717) is 17.8 Å². The van der Waals surface area contributed by atoms with Crippen LogP contribution in [-0.2, 0) is 0 Å². The van der Waals surface area contributed by atoms with Gasteiger partial charge in [0.15, 0.2) is 0 Å². The third kappa shape index (κ3) is 3.46. The van der Waals surface area contributed by atoms with E-state index >= 15 is 0 Å². The molecule has 0 saturated carbocycles. The van der Waals surface area contributed by atoms with E-state index in [2.05, 4.69) is 33.9 Å². The lowest BCUT2D eigenvalue weighted by Crippen LogP contribution is -2.30. The Morgan fingerprint density at radius 2 is 1.96 bits per heavy atom. The number of benzene rings is 1. The van der Waals surface area contributed by atoms with Crippen molar-refractivity contribution in [3.8, 4) is 28.6 Å². The van der Waals surface area contributed by atoms with Crippen LogP contribution < -0.4 is 4.74 Å². The van der Waals surface area contributed by atoms with Crippen LogP contribution in [0, 0.1) is 0 Å². The topological polar surface area (TPSA) is 64.3 Å². The first-order valence-electron chi connectivity index (χ1n) is 8.95. The Balaban J connectivity index is 1.56. The van der Waals surface area contributed by atoms with Gasteiger partial charge in [0.1, 0.15) is 11.9 Å². The van der Waals surface area contributed by atoms with Crippen LogP contribution in [0.1, 0.15) is 20.3 Å². The normalized spacial score (nSPS) is 17.7. The minimum atomic E-state index is 0.182. The average Bonchev–Trinajstić information content (AvgIpc) is 3.33. The molecule has 1 aliphatic rings. The molecule has 134 valence electrons. The van der Waals surface area contributed by atoms with Crippen molar-refractivity contribution in [1.82, 2.24) is 20.0 Å². The molecule has 0 N–H and O–H groups in total. The van der Waals surface area contributed by atoms with Crippen molar-refractivity contribution in [3.05, 3.63) is 48.8 Å². The van der Waals surface area contributed by atoms with Crippen molar-refractivity contribution in [2.45, 2.75) is 32.4 Å². The Kier molecular flexibility index (Phi) is 4.67. The maximum Gasteiger partial charge on any atom is 0.262 e. The van der Waals surface area contributed by atoms with Gasteiger partial charge in [0.2, 0.25) is 5.82 Å². The quantitative estimate of drug-likeness (QED) is 0.700. The second-order valence-electron chi connectivity index (χ2n) is 6.77. The van der Waals surface area contributed by atoms with E-state index < -0.39 is 0 Å². The Bertz CT molecular complexity index is 863. The largest absolute Gasteiger partial charge is 0.488 e. The second kappa shape index (κ2) is 7.25. The Morgan fingerprint density at radius 1 is 1.15 bits per heavy atom. The lowest BCUT2D eigenvalue weighted by Gasteiger charge is -2.20. The van der Waals surface area contributed by atoms with Crippen LogP contribution in [0.15, 0.2) is 53.3 Å². The van der Waals surface area contributed by atoms with Gasteiger partial charge in [0.05, 0.1) is 5.56 Å². The number of likely N-dealkylation sites (tertiary alicyclic amines) is 1. The first kappa shape index (κ1) is 16.7. The highest BCUT2D eigenvalue weighted by molar-refractivity contribution is 5.65. The standard InChI is InChI=1S/C20H22N4O2/c1-14(2)24-12-9-16(13-24)25-18-6-4-3-5-17(18)20-22-19(23-26-20)15-7-10-21-11-8-15/h3-8,10-11,14,16H,9,12-13H2,1-2H3. The van der Waals surface area contributed by atoms with Crippen molar-refractivity contribution in [3.63, 3.8) is 0 Å². The summed E-state index contributed by atoms with van der Waals surface area (Å²) in [7, 11) is 0. The van der Waals surface area contributed by atoms with Crippen LogP contribution >= 0.6 is 0 Å². The van der Waals surface area contributed by atoms with E-state index in [1.54, 1.807) is 12.4 Å². The van der Waals surface area contributed by atoms with Gasteiger partial charge in [-0.1, -0.05) is 17.3 Å². The van der Waals surface area contributed by atoms with Crippen molar-refractivity contribution in [2.75, 3.05) is 13.1 Å². The highest BCUT2D eigenvalue weighted by Crippen LogP contribution is 2.32. The number of ether oxygens (including phenoxy) is 1. The predicted octanol–water partition coefficient (Wildman–Crippen LogP) is 3.66. The van der Waals surface area contributed by atoms with Crippen molar-refractivity contribution < 1.29 is 9.26 Å². The molecule has 1 unspecified atom stereocenters. The third-order valence-electron chi connectivity index (χ3n) is 4.68. The fourth-order valence-corrected chi connectivity index (χ4v) is 3.20. The summed E-state index contributed by atoms with van der Waals surface area (Å²) in [5, 5.41) is 4.09. The summed E-state index contributed by atoms with van der Waals surface area (Å²) in [6.07, 6.45) is 4.63. The molecule has 0 spiro atoms. The molecule has 3 aromatic rings. The van der Waals surface area contributed by atoms with E-state index in [0.717, 1.165) is 36.4 Å². The molecule has 1 fully saturated rings. The maximum absolute atomic E-state index is 6.28. The lowest BCUT2D eigenvalue weighted by atomic mass is 10.2. The molecule has 0 radical (unpaired) electrons. The number of hydrogen-bond acceptors (Lipinski definition) is 6. The number of hydrogen-bond donors (Lipinski definition) is 0. The van der Waals surface area contributed by atoms with Crippen molar-refractivity contribution in [2.24, 2.45) is 0 Å². The van der Waals surface area contributed by atoms with Gasteiger partial charge in [-0.15, -0.1) is 0 Å². The Labute approximate surface area is 152 Å². The Hall–Kier alpha value is -2.73. The van der Waals surface area contributed by atoms with Crippen LogP contribution in [0.3, 0.4) is 0 Å². The molecule has 6 nitrogen and oxygen atoms in total. The molecule has 1 aliphatic heterocycles. The molecule has 0 amide bonds. The van der Waals surface area contributed by atoms with E-state index in [1.165, 1.54) is 0 Å². The minimum absolute atomic E-state index is 0.182. The zero-order chi connectivity index (χ0) is 17.9. The summed E-state index contributed by atoms with van der Waals surface area (Å²) in [6, 6.07) is 12.1. The van der Waals surface area contributed by atoms with Gasteiger partial charge < -0.3 is 9.26 Å². The number of pyridine rings is 1. The second-order valence-corrected chi connectivity index (χ2v) is 6.77. The van der Waals surface area contributed by atoms with Crippen LogP contribution in [0.4, 0.5) is 0 Å². The SMILES string of the molecule is CC(C)N1CCC(Oc2ccccc2-c2nc(-c3ccncc3)no2)C1. The molecule has 1 aromatic carbocycles. The zero-order valence-electron chi connectivity index (χ0n) is 15.0. The van der Waals surface area contributed by atoms with Gasteiger partial charge >= 0.3 is 0 Å². The summed E-state index contributed by atoms with van der Waals surface area (Å²) < 4.78 is 11.8. The predicted molar refractivity (Wildman–Crippen MR) is 98.7 cm³/mol. The van der Waals surface area contributed by atoms with E-state index in [-0.39, 0.29) is 6.10 Å². The first-order chi connectivity index (χ1) is 12.7. The summed E-state index contributed by atoms with van der Waals surface area (Å²) in [5.41, 5.74) is 1.69. The van der Waals surface area contributed by atoms with Crippen LogP contribution in [0.25, 0.3) is 22.8 Å². The molecule has 6 heteroatoms. The Morgan fingerprint density at radius 3 is 2.73 bits per heavy atom. The molecule has 1 saturated heterocycles. The smallest absolute Gasteiger partial charge is 0.262 e. The van der Waals surface area contributed by atoms with Gasteiger partial charge in [-0.2, -0.15) is 4.98 Å². The highest BCUT2D eigenvalue weighted by Gasteiger charge is 2.26. The molecule has 3 heterocycles. The lowest BCUT2D eigenvalue weighted by molar-refractivity contribution is 0.187. The molecule has 1 atom stereocenters. The van der Waals surface area contributed by atoms with Gasteiger partial charge in [-0.3, -0.25) is 9.88 Å². The molecule has 4 rings (SSSR count). The van der Waals surface area contributed by atoms with E-state index in [4.69, 9.17) is 9.26 Å². The van der Waals surface area contributed by atoms with Crippen molar-refractivity contribution in [1.29, 1.82) is 0 Å². The van der Waals surface area contributed by atoms with Crippen molar-refractivity contribution >= 4 is 0 Å². The fraction of sp³-hybridized carbons (Fsp3) is 0.350. The van der Waals surface area contributed by atoms with Gasteiger partial charge in [0, 0.05) is 37.1 Å². The minimum Gasteiger partial charge on any atom is -0.488 e. The number of aromatic nitrogens is 3. The van der Waals surface area contributed by atoms with E-state index in [1.807, 2.05) is 36.4 Å². The van der Waals surface area contributed by atoms with Crippen LogP contribution in [0.5, 0.6) is 5.75 Å². The molecule has 0 bridgehead atoms. The van der Waals surface area contributed by atoms with Crippen LogP contribution in [-0.4, -0.2) is 45.3 Å². The van der Waals surface area contributed by atoms with E-state index in [9.17, 15) is 0 Å². The zero-order valence-corrected chi connectivity index (χ0v) is 15.0. The molecule has 26 heavy (non-hydrogen) atoms. The van der Waals surface area contributed by atoms with Gasteiger partial charge in [0.25, 0.3) is 5.89 Å². The number of para-hydroxylation sites is 1. The van der Waals surface area contributed by atoms with Gasteiger partial charge in [-0.25, -0.2) is 0 Å². The van der Waals surface area contributed by atoms with Gasteiger partial charge in [-0.05, 0) is 44.5 Å². The molecule has 0 aliphatic carbocycles. The first-order valence-corrected chi connectivity index (χ1v) is 8.95. The van der Waals surface area contributed by atoms with Crippen LogP contribution in [0.2, 0.25) is 0 Å². The average molecular weight is 350 g/mol. The number of rotatable bonds is 5. The highest BCUT2D eigenvalue weighted by atomic mass is 16.5. The number of nitrogens with zero attached hydrogens (tertiary/aromatic N) is 4. The summed E-state index contributed by atoms with van der Waals surface area (Å²) in [5.74, 6) is 1.79. The summed E-state index contributed by atoms with van der Waals surface area (Å²) in [6.45, 7) is 6.44. The monoisotopic (exact) mass is 350 g/mol.